The summed E-state index contributed by atoms with van der Waals surface area (Å²) in [5.41, 5.74) is 2.61. The van der Waals surface area contributed by atoms with Crippen LogP contribution in [0, 0.1) is 0 Å². The van der Waals surface area contributed by atoms with E-state index in [1.165, 1.54) is 0 Å². The summed E-state index contributed by atoms with van der Waals surface area (Å²) in [6.45, 7) is 0.461. The van der Waals surface area contributed by atoms with Gasteiger partial charge in [0.15, 0.2) is 17.9 Å². The second-order valence-electron chi connectivity index (χ2n) is 5.51. The van der Waals surface area contributed by atoms with Crippen molar-refractivity contribution < 1.29 is 17.3 Å². The summed E-state index contributed by atoms with van der Waals surface area (Å²) in [6.07, 6.45) is 3.81. The van der Waals surface area contributed by atoms with E-state index in [9.17, 15) is 8.42 Å². The lowest BCUT2D eigenvalue weighted by Crippen LogP contribution is -2.38. The van der Waals surface area contributed by atoms with Gasteiger partial charge < -0.3 is 0 Å². The van der Waals surface area contributed by atoms with Crippen LogP contribution in [0.4, 0.5) is 0 Å². The van der Waals surface area contributed by atoms with E-state index in [1.54, 1.807) is 35.3 Å². The maximum absolute atomic E-state index is 11.3. The molecule has 0 amide bonds. The van der Waals surface area contributed by atoms with Gasteiger partial charge in [0, 0.05) is 18.1 Å². The normalized spacial score (nSPS) is 11.5. The molecule has 0 N–H and O–H groups in total. The molecular formula is C16H16ClN6O3S+. The molecule has 0 aliphatic carbocycles. The number of nitrogens with zero attached hydrogens (tertiary/aromatic N) is 6. The van der Waals surface area contributed by atoms with Crippen LogP contribution in [0.2, 0.25) is 5.15 Å². The highest BCUT2D eigenvalue weighted by molar-refractivity contribution is 7.86. The van der Waals surface area contributed by atoms with Gasteiger partial charge in [-0.05, 0) is 29.4 Å². The minimum absolute atomic E-state index is 0.0551. The number of halogens is 1. The molecule has 140 valence electrons. The summed E-state index contributed by atoms with van der Waals surface area (Å²) < 4.78 is 28.7. The fourth-order valence-corrected chi connectivity index (χ4v) is 2.98. The largest absolute Gasteiger partial charge is 0.273 e. The maximum Gasteiger partial charge on any atom is 0.267 e. The van der Waals surface area contributed by atoms with Crippen LogP contribution >= 0.6 is 11.6 Å². The van der Waals surface area contributed by atoms with Crippen molar-refractivity contribution in [2.45, 2.75) is 13.0 Å². The molecule has 0 aliphatic rings. The van der Waals surface area contributed by atoms with Gasteiger partial charge in [0.05, 0.1) is 18.6 Å². The Hall–Kier alpha value is -2.56. The van der Waals surface area contributed by atoms with E-state index in [0.717, 1.165) is 12.7 Å². The zero-order valence-electron chi connectivity index (χ0n) is 14.4. The molecule has 0 saturated carbocycles. The lowest BCUT2D eigenvalue weighted by atomic mass is 10.2. The summed E-state index contributed by atoms with van der Waals surface area (Å²) >= 11 is 5.72. The molecule has 0 saturated heterocycles. The molecule has 0 spiro atoms. The SMILES string of the molecule is COS(=O)(=O)CCC[n+]1ccc(-c2ccc(-c3ccc(Cl)nn3)nn2)cn1. The lowest BCUT2D eigenvalue weighted by molar-refractivity contribution is -0.753. The van der Waals surface area contributed by atoms with Gasteiger partial charge in [-0.2, -0.15) is 8.42 Å². The van der Waals surface area contributed by atoms with Gasteiger partial charge in [-0.1, -0.05) is 16.3 Å². The molecule has 27 heavy (non-hydrogen) atoms. The molecule has 0 atom stereocenters. The van der Waals surface area contributed by atoms with Crippen LogP contribution in [0.15, 0.2) is 42.7 Å². The number of aromatic nitrogens is 6. The highest BCUT2D eigenvalue weighted by atomic mass is 35.5. The lowest BCUT2D eigenvalue weighted by Gasteiger charge is -2.01. The second-order valence-corrected chi connectivity index (χ2v) is 7.75. The van der Waals surface area contributed by atoms with Crippen LogP contribution in [0.3, 0.4) is 0 Å². The molecule has 0 unspecified atom stereocenters. The first-order valence-corrected chi connectivity index (χ1v) is 9.90. The number of hydrogen-bond donors (Lipinski definition) is 0. The predicted molar refractivity (Wildman–Crippen MR) is 96.9 cm³/mol. The Bertz CT molecular complexity index is 996. The van der Waals surface area contributed by atoms with E-state index in [2.05, 4.69) is 29.7 Å². The highest BCUT2D eigenvalue weighted by Gasteiger charge is 2.12. The van der Waals surface area contributed by atoms with E-state index in [-0.39, 0.29) is 5.75 Å². The predicted octanol–water partition coefficient (Wildman–Crippen LogP) is 1.30. The van der Waals surface area contributed by atoms with Crippen molar-refractivity contribution in [3.05, 3.63) is 47.9 Å². The zero-order valence-corrected chi connectivity index (χ0v) is 15.9. The van der Waals surface area contributed by atoms with Crippen molar-refractivity contribution in [1.82, 2.24) is 25.5 Å². The topological polar surface area (TPSA) is 112 Å². The Kier molecular flexibility index (Phi) is 5.99. The quantitative estimate of drug-likeness (QED) is 0.425. The molecular weight excluding hydrogens is 392 g/mol. The first-order valence-electron chi connectivity index (χ1n) is 7.95. The van der Waals surface area contributed by atoms with Crippen LogP contribution in [0.1, 0.15) is 6.42 Å². The van der Waals surface area contributed by atoms with Crippen LogP contribution in [-0.4, -0.2) is 46.8 Å². The van der Waals surface area contributed by atoms with Gasteiger partial charge in [0.25, 0.3) is 10.1 Å². The molecule has 3 heterocycles. The van der Waals surface area contributed by atoms with E-state index in [4.69, 9.17) is 11.6 Å². The fraction of sp³-hybridized carbons (Fsp3) is 0.250. The monoisotopic (exact) mass is 407 g/mol. The molecule has 0 aromatic carbocycles. The van der Waals surface area contributed by atoms with E-state index in [1.807, 2.05) is 12.1 Å². The fourth-order valence-electron chi connectivity index (χ4n) is 2.23. The van der Waals surface area contributed by atoms with Gasteiger partial charge in [-0.3, -0.25) is 4.18 Å². The van der Waals surface area contributed by atoms with E-state index < -0.39 is 10.1 Å². The Morgan fingerprint density at radius 2 is 1.67 bits per heavy atom. The number of hydrogen-bond acceptors (Lipinski definition) is 8. The summed E-state index contributed by atoms with van der Waals surface area (Å²) in [7, 11) is -2.29. The minimum atomic E-state index is -3.45. The van der Waals surface area contributed by atoms with Crippen molar-refractivity contribution in [3.63, 3.8) is 0 Å². The summed E-state index contributed by atoms with van der Waals surface area (Å²) in [6, 6.07) is 8.79. The molecule has 3 aromatic heterocycles. The third-order valence-corrected chi connectivity index (χ3v) is 5.16. The van der Waals surface area contributed by atoms with Crippen molar-refractivity contribution in [2.24, 2.45) is 0 Å². The van der Waals surface area contributed by atoms with E-state index in [0.29, 0.717) is 35.2 Å². The first-order chi connectivity index (χ1) is 13.0. The first kappa shape index (κ1) is 19.2. The van der Waals surface area contributed by atoms with Gasteiger partial charge in [0.1, 0.15) is 17.6 Å². The van der Waals surface area contributed by atoms with Crippen LogP contribution in [0.5, 0.6) is 0 Å². The number of rotatable bonds is 7. The molecule has 0 aliphatic heterocycles. The Morgan fingerprint density at radius 1 is 1.00 bits per heavy atom. The summed E-state index contributed by atoms with van der Waals surface area (Å²) in [4.78, 5) is 0. The summed E-state index contributed by atoms with van der Waals surface area (Å²) in [5, 5.41) is 20.7. The van der Waals surface area contributed by atoms with Crippen LogP contribution in [-0.2, 0) is 20.8 Å². The van der Waals surface area contributed by atoms with Gasteiger partial charge in [-0.15, -0.1) is 20.4 Å². The Labute approximate surface area is 161 Å². The molecule has 3 rings (SSSR count). The Morgan fingerprint density at radius 3 is 2.22 bits per heavy atom. The van der Waals surface area contributed by atoms with Gasteiger partial charge in [0.2, 0.25) is 0 Å². The minimum Gasteiger partial charge on any atom is -0.273 e. The van der Waals surface area contributed by atoms with Crippen molar-refractivity contribution in [3.8, 4) is 22.6 Å². The molecule has 9 nitrogen and oxygen atoms in total. The second kappa shape index (κ2) is 8.42. The van der Waals surface area contributed by atoms with Crippen LogP contribution < -0.4 is 4.68 Å². The Balaban J connectivity index is 1.65. The maximum atomic E-state index is 11.3. The third-order valence-electron chi connectivity index (χ3n) is 3.66. The molecule has 0 radical (unpaired) electrons. The molecule has 3 aromatic rings. The van der Waals surface area contributed by atoms with Gasteiger partial charge >= 0.3 is 0 Å². The summed E-state index contributed by atoms with van der Waals surface area (Å²) in [5.74, 6) is -0.0551. The molecule has 0 bridgehead atoms. The number of aryl methyl sites for hydroxylation is 1. The van der Waals surface area contributed by atoms with Crippen molar-refractivity contribution >= 4 is 21.7 Å². The average Bonchev–Trinajstić information content (AvgIpc) is 2.69. The molecule has 11 heteroatoms. The van der Waals surface area contributed by atoms with Gasteiger partial charge in [-0.25, -0.2) is 0 Å². The standard InChI is InChI=1S/C16H16ClN6O3S/c1-26-27(24,25)10-2-8-23-9-7-12(11-18-23)13-3-4-14(20-19-13)15-5-6-16(17)22-21-15/h3-7,9,11H,2,8,10H2,1H3/q+1. The molecule has 0 fully saturated rings. The van der Waals surface area contributed by atoms with Crippen molar-refractivity contribution in [1.29, 1.82) is 0 Å². The average molecular weight is 408 g/mol. The van der Waals surface area contributed by atoms with E-state index >= 15 is 0 Å². The third kappa shape index (κ3) is 5.22. The highest BCUT2D eigenvalue weighted by Crippen LogP contribution is 2.18. The van der Waals surface area contributed by atoms with Crippen molar-refractivity contribution in [2.75, 3.05) is 12.9 Å². The zero-order chi connectivity index (χ0) is 19.3. The smallest absolute Gasteiger partial charge is 0.267 e. The van der Waals surface area contributed by atoms with Crippen LogP contribution in [0.25, 0.3) is 22.6 Å².